The molecule has 0 saturated carbocycles. The molecular weight excluding hydrogens is 399 g/mol. The summed E-state index contributed by atoms with van der Waals surface area (Å²) in [6, 6.07) is 12.1. The van der Waals surface area contributed by atoms with Crippen LogP contribution in [0.4, 0.5) is 10.1 Å². The summed E-state index contributed by atoms with van der Waals surface area (Å²) in [5.74, 6) is -2.64. The van der Waals surface area contributed by atoms with Gasteiger partial charge in [-0.05, 0) is 47.9 Å². The number of esters is 1. The number of carbonyl (C=O) groups is 3. The van der Waals surface area contributed by atoms with Gasteiger partial charge in [0.15, 0.2) is 6.61 Å². The van der Waals surface area contributed by atoms with Gasteiger partial charge in [-0.3, -0.25) is 14.4 Å². The minimum atomic E-state index is -0.605. The van der Waals surface area contributed by atoms with Gasteiger partial charge in [-0.1, -0.05) is 37.6 Å². The first-order valence-corrected chi connectivity index (χ1v) is 9.38. The Balaban J connectivity index is 1.80. The quantitative estimate of drug-likeness (QED) is 0.640. The molecule has 0 fully saturated rings. The predicted octanol–water partition coefficient (Wildman–Crippen LogP) is 3.52. The van der Waals surface area contributed by atoms with Gasteiger partial charge in [0, 0.05) is 10.7 Å². The predicted molar refractivity (Wildman–Crippen MR) is 108 cm³/mol. The van der Waals surface area contributed by atoms with Crippen LogP contribution in [0.1, 0.15) is 25.3 Å². The fourth-order valence-corrected chi connectivity index (χ4v) is 2.78. The van der Waals surface area contributed by atoms with Crippen molar-refractivity contribution < 1.29 is 23.5 Å². The molecular formula is C21H22ClFN2O4. The summed E-state index contributed by atoms with van der Waals surface area (Å²) in [5.41, 5.74) is 1.15. The van der Waals surface area contributed by atoms with E-state index in [1.807, 2.05) is 13.8 Å². The molecule has 0 heterocycles. The Kier molecular flexibility index (Phi) is 8.15. The molecule has 6 nitrogen and oxygen atoms in total. The van der Waals surface area contributed by atoms with Crippen LogP contribution in [-0.2, 0) is 19.1 Å². The molecule has 29 heavy (non-hydrogen) atoms. The molecule has 154 valence electrons. The number of hydrogen-bond donors (Lipinski definition) is 2. The van der Waals surface area contributed by atoms with Gasteiger partial charge >= 0.3 is 5.97 Å². The molecule has 0 unspecified atom stereocenters. The number of halogens is 2. The molecule has 2 aromatic rings. The number of ether oxygens (including phenoxy) is 1. The van der Waals surface area contributed by atoms with E-state index in [2.05, 4.69) is 10.6 Å². The van der Waals surface area contributed by atoms with Gasteiger partial charge in [-0.2, -0.15) is 0 Å². The van der Waals surface area contributed by atoms with E-state index in [4.69, 9.17) is 16.3 Å². The molecule has 0 aliphatic carbocycles. The van der Waals surface area contributed by atoms with Gasteiger partial charge in [0.2, 0.25) is 5.91 Å². The summed E-state index contributed by atoms with van der Waals surface area (Å²) >= 11 is 5.88. The van der Waals surface area contributed by atoms with Crippen molar-refractivity contribution in [3.05, 3.63) is 64.9 Å². The maximum atomic E-state index is 12.8. The smallest absolute Gasteiger partial charge is 0.314 e. The minimum Gasteiger partial charge on any atom is -0.455 e. The van der Waals surface area contributed by atoms with Crippen LogP contribution in [0.15, 0.2) is 48.5 Å². The van der Waals surface area contributed by atoms with Crippen molar-refractivity contribution in [2.75, 3.05) is 18.5 Å². The second-order valence-corrected chi connectivity index (χ2v) is 7.15. The normalized spacial score (nSPS) is 11.6. The van der Waals surface area contributed by atoms with Crippen LogP contribution in [0, 0.1) is 11.7 Å². The lowest BCUT2D eigenvalue weighted by atomic mass is 9.88. The van der Waals surface area contributed by atoms with Crippen LogP contribution in [0.3, 0.4) is 0 Å². The van der Waals surface area contributed by atoms with Crippen LogP contribution in [0.2, 0.25) is 5.02 Å². The summed E-state index contributed by atoms with van der Waals surface area (Å²) in [5, 5.41) is 5.43. The maximum absolute atomic E-state index is 12.8. The van der Waals surface area contributed by atoms with E-state index >= 15 is 0 Å². The second-order valence-electron chi connectivity index (χ2n) is 6.71. The van der Waals surface area contributed by atoms with Crippen LogP contribution >= 0.6 is 11.6 Å². The van der Waals surface area contributed by atoms with E-state index in [0.29, 0.717) is 10.7 Å². The van der Waals surface area contributed by atoms with Crippen LogP contribution in [0.5, 0.6) is 0 Å². The topological polar surface area (TPSA) is 84.5 Å². The Morgan fingerprint density at radius 3 is 2.21 bits per heavy atom. The fourth-order valence-electron chi connectivity index (χ4n) is 2.66. The standard InChI is InChI=1S/C21H22ClFN2O4/c1-13(2)20(14-3-5-15(22)6-4-14)21(28)29-12-19(27)24-11-18(26)25-17-9-7-16(23)8-10-17/h3-10,13,20H,11-12H2,1-2H3,(H,24,27)(H,25,26)/t20-/m0/s1. The number of rotatable bonds is 8. The Bertz CT molecular complexity index is 854. The van der Waals surface area contributed by atoms with E-state index in [9.17, 15) is 18.8 Å². The Morgan fingerprint density at radius 1 is 1.00 bits per heavy atom. The van der Waals surface area contributed by atoms with Crippen LogP contribution in [-0.4, -0.2) is 30.9 Å². The zero-order valence-electron chi connectivity index (χ0n) is 16.1. The summed E-state index contributed by atoms with van der Waals surface area (Å²) < 4.78 is 18.0. The highest BCUT2D eigenvalue weighted by molar-refractivity contribution is 6.30. The van der Waals surface area contributed by atoms with Gasteiger partial charge in [0.05, 0.1) is 12.5 Å². The molecule has 2 amide bonds. The molecule has 8 heteroatoms. The van der Waals surface area contributed by atoms with E-state index in [-0.39, 0.29) is 12.5 Å². The first-order valence-electron chi connectivity index (χ1n) is 9.00. The van der Waals surface area contributed by atoms with Crippen molar-refractivity contribution in [1.29, 1.82) is 0 Å². The van der Waals surface area contributed by atoms with Crippen molar-refractivity contribution in [1.82, 2.24) is 5.32 Å². The highest BCUT2D eigenvalue weighted by Gasteiger charge is 2.26. The van der Waals surface area contributed by atoms with Gasteiger partial charge < -0.3 is 15.4 Å². The third kappa shape index (κ3) is 7.19. The average molecular weight is 421 g/mol. The Hall–Kier alpha value is -2.93. The van der Waals surface area contributed by atoms with Crippen molar-refractivity contribution >= 4 is 35.1 Å². The number of nitrogens with one attached hydrogen (secondary N) is 2. The van der Waals surface area contributed by atoms with E-state index in [0.717, 1.165) is 5.56 Å². The average Bonchev–Trinajstić information content (AvgIpc) is 2.68. The largest absolute Gasteiger partial charge is 0.455 e. The van der Waals surface area contributed by atoms with E-state index < -0.39 is 36.1 Å². The second kappa shape index (κ2) is 10.6. The highest BCUT2D eigenvalue weighted by atomic mass is 35.5. The molecule has 2 aromatic carbocycles. The number of hydrogen-bond acceptors (Lipinski definition) is 4. The van der Waals surface area contributed by atoms with Crippen LogP contribution < -0.4 is 10.6 Å². The molecule has 2 rings (SSSR count). The zero-order chi connectivity index (χ0) is 21.4. The molecule has 1 atom stereocenters. The molecule has 2 N–H and O–H groups in total. The highest BCUT2D eigenvalue weighted by Crippen LogP contribution is 2.27. The lowest BCUT2D eigenvalue weighted by Gasteiger charge is -2.19. The summed E-state index contributed by atoms with van der Waals surface area (Å²) in [4.78, 5) is 36.1. The third-order valence-electron chi connectivity index (χ3n) is 4.07. The molecule has 0 spiro atoms. The zero-order valence-corrected chi connectivity index (χ0v) is 16.8. The SMILES string of the molecule is CC(C)[C@H](C(=O)OCC(=O)NCC(=O)Nc1ccc(F)cc1)c1ccc(Cl)cc1. The molecule has 0 bridgehead atoms. The van der Waals surface area contributed by atoms with E-state index in [1.54, 1.807) is 24.3 Å². The molecule has 0 aliphatic heterocycles. The first kappa shape index (κ1) is 22.4. The maximum Gasteiger partial charge on any atom is 0.314 e. The van der Waals surface area contributed by atoms with Crippen molar-refractivity contribution in [3.63, 3.8) is 0 Å². The van der Waals surface area contributed by atoms with Crippen molar-refractivity contribution in [3.8, 4) is 0 Å². The van der Waals surface area contributed by atoms with Gasteiger partial charge in [0.1, 0.15) is 5.82 Å². The summed E-state index contributed by atoms with van der Waals surface area (Å²) in [6.07, 6.45) is 0. The monoisotopic (exact) mass is 420 g/mol. The van der Waals surface area contributed by atoms with E-state index in [1.165, 1.54) is 24.3 Å². The Morgan fingerprint density at radius 2 is 1.62 bits per heavy atom. The molecule has 0 radical (unpaired) electrons. The van der Waals surface area contributed by atoms with Gasteiger partial charge in [0.25, 0.3) is 5.91 Å². The summed E-state index contributed by atoms with van der Waals surface area (Å²) in [7, 11) is 0. The lowest BCUT2D eigenvalue weighted by Crippen LogP contribution is -2.36. The van der Waals surface area contributed by atoms with Crippen molar-refractivity contribution in [2.24, 2.45) is 5.92 Å². The lowest BCUT2D eigenvalue weighted by molar-refractivity contribution is -0.151. The van der Waals surface area contributed by atoms with Crippen molar-refractivity contribution in [2.45, 2.75) is 19.8 Å². The Labute approximate surface area is 173 Å². The molecule has 0 aromatic heterocycles. The van der Waals surface area contributed by atoms with Gasteiger partial charge in [-0.25, -0.2) is 4.39 Å². The van der Waals surface area contributed by atoms with Gasteiger partial charge in [-0.15, -0.1) is 0 Å². The fraction of sp³-hybridized carbons (Fsp3) is 0.286. The number of carbonyl (C=O) groups excluding carboxylic acids is 3. The minimum absolute atomic E-state index is 0.0479. The summed E-state index contributed by atoms with van der Waals surface area (Å²) in [6.45, 7) is 2.94. The number of amides is 2. The molecule has 0 aliphatic rings. The first-order chi connectivity index (χ1) is 13.8. The third-order valence-corrected chi connectivity index (χ3v) is 4.32. The molecule has 0 saturated heterocycles. The number of anilines is 1. The number of benzene rings is 2. The van der Waals surface area contributed by atoms with Crippen LogP contribution in [0.25, 0.3) is 0 Å².